The summed E-state index contributed by atoms with van der Waals surface area (Å²) in [7, 11) is 0. The van der Waals surface area contributed by atoms with Crippen molar-refractivity contribution in [1.82, 2.24) is 14.8 Å². The van der Waals surface area contributed by atoms with E-state index >= 15 is 0 Å². The highest BCUT2D eigenvalue weighted by atomic mass is 19.1. The Balaban J connectivity index is 1.40. The average molecular weight is 603 g/mol. The van der Waals surface area contributed by atoms with E-state index in [1.807, 2.05) is 45.0 Å². The van der Waals surface area contributed by atoms with Gasteiger partial charge in [0.15, 0.2) is 5.88 Å². The Kier molecular flexibility index (Phi) is 11.3. The highest BCUT2D eigenvalue weighted by Gasteiger charge is 2.17. The van der Waals surface area contributed by atoms with E-state index in [1.54, 1.807) is 30.5 Å². The molecule has 0 aliphatic carbocycles. The molecule has 1 amide bonds. The van der Waals surface area contributed by atoms with Crippen LogP contribution in [0.25, 0.3) is 0 Å². The molecule has 1 saturated heterocycles. The minimum Gasteiger partial charge on any atom is -0.474 e. The molecule has 3 aromatic rings. The Morgan fingerprint density at radius 1 is 1.02 bits per heavy atom. The first-order valence-corrected chi connectivity index (χ1v) is 14.8. The standard InChI is InChI=1S/C34H43FN6O3/c1-25(37-29-11-8-10-28(35)22-29)41(17-9-16-40-18-20-43-21-19-40)24-27-14-15-32(36-23-27)33(42)39-31-13-7-6-12-30(31)38-26(2)44-34(3,4)5/h6-8,10-15,22-23,37-38H,1-2,9,16-21,24H2,3-5H3,(H,39,42). The summed E-state index contributed by atoms with van der Waals surface area (Å²) in [5.74, 6) is 0.374. The summed E-state index contributed by atoms with van der Waals surface area (Å²) in [6, 6.07) is 17.2. The monoisotopic (exact) mass is 602 g/mol. The fourth-order valence-corrected chi connectivity index (χ4v) is 4.74. The van der Waals surface area contributed by atoms with Crippen LogP contribution in [0.1, 0.15) is 43.2 Å². The SMILES string of the molecule is C=C(Nc1ccccc1NC(=O)c1ccc(CN(CCCN2CCOCC2)C(=C)Nc2cccc(F)c2)cn1)OC(C)(C)C. The van der Waals surface area contributed by atoms with E-state index in [4.69, 9.17) is 9.47 Å². The molecular formula is C34H43FN6O3. The van der Waals surface area contributed by atoms with E-state index < -0.39 is 5.60 Å². The van der Waals surface area contributed by atoms with Crippen LogP contribution in [-0.4, -0.2) is 65.7 Å². The molecule has 1 aromatic heterocycles. The first kappa shape index (κ1) is 32.5. The minimum absolute atomic E-state index is 0.281. The number of rotatable bonds is 14. The van der Waals surface area contributed by atoms with Crippen LogP contribution >= 0.6 is 0 Å². The predicted octanol–water partition coefficient (Wildman–Crippen LogP) is 6.28. The molecular weight excluding hydrogens is 559 g/mol. The Morgan fingerprint density at radius 2 is 1.75 bits per heavy atom. The highest BCUT2D eigenvalue weighted by Crippen LogP contribution is 2.25. The molecule has 1 aliphatic heterocycles. The highest BCUT2D eigenvalue weighted by molar-refractivity contribution is 6.04. The van der Waals surface area contributed by atoms with Gasteiger partial charge in [0.1, 0.15) is 17.1 Å². The second-order valence-electron chi connectivity index (χ2n) is 11.6. The lowest BCUT2D eigenvalue weighted by molar-refractivity contribution is 0.0364. The summed E-state index contributed by atoms with van der Waals surface area (Å²) in [4.78, 5) is 22.1. The van der Waals surface area contributed by atoms with Gasteiger partial charge in [-0.05, 0) is 75.7 Å². The number of carbonyl (C=O) groups excluding carboxylic acids is 1. The average Bonchev–Trinajstić information content (AvgIpc) is 2.97. The zero-order chi connectivity index (χ0) is 31.5. The number of anilines is 3. The van der Waals surface area contributed by atoms with Gasteiger partial charge in [0.2, 0.25) is 0 Å². The van der Waals surface area contributed by atoms with Gasteiger partial charge in [-0.2, -0.15) is 0 Å². The zero-order valence-electron chi connectivity index (χ0n) is 25.9. The molecule has 0 atom stereocenters. The van der Waals surface area contributed by atoms with Crippen molar-refractivity contribution in [2.75, 3.05) is 55.3 Å². The zero-order valence-corrected chi connectivity index (χ0v) is 25.9. The van der Waals surface area contributed by atoms with Crippen LogP contribution in [0.5, 0.6) is 0 Å². The number of carbonyl (C=O) groups is 1. The number of amides is 1. The van der Waals surface area contributed by atoms with Crippen LogP contribution < -0.4 is 16.0 Å². The normalized spacial score (nSPS) is 13.5. The topological polar surface area (TPSA) is 91.0 Å². The number of ether oxygens (including phenoxy) is 2. The van der Waals surface area contributed by atoms with Gasteiger partial charge in [-0.1, -0.05) is 30.8 Å². The lowest BCUT2D eigenvalue weighted by Gasteiger charge is -2.30. The number of nitrogens with one attached hydrogen (secondary N) is 3. The molecule has 0 spiro atoms. The van der Waals surface area contributed by atoms with Crippen molar-refractivity contribution in [3.05, 3.63) is 109 Å². The summed E-state index contributed by atoms with van der Waals surface area (Å²) < 4.78 is 25.0. The molecule has 1 fully saturated rings. The molecule has 2 heterocycles. The first-order chi connectivity index (χ1) is 21.1. The maximum absolute atomic E-state index is 13.8. The van der Waals surface area contributed by atoms with Gasteiger partial charge in [-0.15, -0.1) is 0 Å². The fraction of sp³-hybridized carbons (Fsp3) is 0.353. The molecule has 4 rings (SSSR count). The molecule has 9 nitrogen and oxygen atoms in total. The summed E-state index contributed by atoms with van der Waals surface area (Å²) in [5, 5.41) is 9.28. The van der Waals surface area contributed by atoms with E-state index in [0.717, 1.165) is 51.4 Å². The molecule has 0 saturated carbocycles. The number of aromatic nitrogens is 1. The van der Waals surface area contributed by atoms with Crippen LogP contribution in [-0.2, 0) is 16.0 Å². The van der Waals surface area contributed by atoms with E-state index in [2.05, 4.69) is 43.9 Å². The lowest BCUT2D eigenvalue weighted by Crippen LogP contribution is -2.38. The number of halogens is 1. The number of pyridine rings is 1. The van der Waals surface area contributed by atoms with Crippen LogP contribution in [0.4, 0.5) is 21.5 Å². The van der Waals surface area contributed by atoms with Crippen molar-refractivity contribution in [2.24, 2.45) is 0 Å². The van der Waals surface area contributed by atoms with Crippen molar-refractivity contribution in [2.45, 2.75) is 39.3 Å². The van der Waals surface area contributed by atoms with Crippen LogP contribution in [0.3, 0.4) is 0 Å². The molecule has 0 radical (unpaired) electrons. The van der Waals surface area contributed by atoms with E-state index in [9.17, 15) is 9.18 Å². The summed E-state index contributed by atoms with van der Waals surface area (Å²) in [5.41, 5.74) is 2.64. The van der Waals surface area contributed by atoms with Gasteiger partial charge < -0.3 is 30.3 Å². The second kappa shape index (κ2) is 15.4. The van der Waals surface area contributed by atoms with E-state index in [0.29, 0.717) is 35.3 Å². The molecule has 10 heteroatoms. The number of para-hydroxylation sites is 2. The van der Waals surface area contributed by atoms with Crippen LogP contribution in [0.2, 0.25) is 0 Å². The maximum atomic E-state index is 13.8. The van der Waals surface area contributed by atoms with Gasteiger partial charge in [-0.25, -0.2) is 4.39 Å². The molecule has 3 N–H and O–H groups in total. The Morgan fingerprint density at radius 3 is 2.41 bits per heavy atom. The van der Waals surface area contributed by atoms with Gasteiger partial charge in [-0.3, -0.25) is 14.7 Å². The largest absolute Gasteiger partial charge is 0.474 e. The smallest absolute Gasteiger partial charge is 0.274 e. The molecule has 234 valence electrons. The summed E-state index contributed by atoms with van der Waals surface area (Å²) >= 11 is 0. The Labute approximate surface area is 259 Å². The lowest BCUT2D eigenvalue weighted by atomic mass is 10.2. The third kappa shape index (κ3) is 10.4. The molecule has 0 unspecified atom stereocenters. The number of morpholine rings is 1. The van der Waals surface area contributed by atoms with Gasteiger partial charge in [0.05, 0.1) is 30.4 Å². The summed E-state index contributed by atoms with van der Waals surface area (Å²) in [6.45, 7) is 19.5. The van der Waals surface area contributed by atoms with Gasteiger partial charge >= 0.3 is 0 Å². The third-order valence-corrected chi connectivity index (χ3v) is 6.81. The van der Waals surface area contributed by atoms with Crippen LogP contribution in [0.15, 0.2) is 91.7 Å². The molecule has 0 bridgehead atoms. The van der Waals surface area contributed by atoms with Crippen molar-refractivity contribution in [3.8, 4) is 0 Å². The first-order valence-electron chi connectivity index (χ1n) is 14.8. The van der Waals surface area contributed by atoms with E-state index in [1.165, 1.54) is 12.1 Å². The molecule has 2 aromatic carbocycles. The van der Waals surface area contributed by atoms with Crippen LogP contribution in [0, 0.1) is 5.82 Å². The summed E-state index contributed by atoms with van der Waals surface area (Å²) in [6.07, 6.45) is 2.61. The fourth-order valence-electron chi connectivity index (χ4n) is 4.74. The molecule has 1 aliphatic rings. The van der Waals surface area contributed by atoms with Gasteiger partial charge in [0, 0.05) is 44.6 Å². The van der Waals surface area contributed by atoms with Crippen molar-refractivity contribution < 1.29 is 18.7 Å². The number of nitrogens with zero attached hydrogens (tertiary/aromatic N) is 3. The predicted molar refractivity (Wildman–Crippen MR) is 174 cm³/mol. The quantitative estimate of drug-likeness (QED) is 0.186. The van der Waals surface area contributed by atoms with E-state index in [-0.39, 0.29) is 17.4 Å². The number of benzene rings is 2. The van der Waals surface area contributed by atoms with Crippen molar-refractivity contribution in [3.63, 3.8) is 0 Å². The number of hydrogen-bond acceptors (Lipinski definition) is 8. The van der Waals surface area contributed by atoms with Crippen molar-refractivity contribution >= 4 is 23.0 Å². The van der Waals surface area contributed by atoms with Crippen molar-refractivity contribution in [1.29, 1.82) is 0 Å². The number of hydrogen-bond donors (Lipinski definition) is 3. The Hall–Kier alpha value is -4.41. The Bertz CT molecular complexity index is 1420. The third-order valence-electron chi connectivity index (χ3n) is 6.81. The second-order valence-corrected chi connectivity index (χ2v) is 11.6. The van der Waals surface area contributed by atoms with Gasteiger partial charge in [0.25, 0.3) is 5.91 Å². The maximum Gasteiger partial charge on any atom is 0.274 e. The minimum atomic E-state index is -0.409. The molecule has 44 heavy (non-hydrogen) atoms.